The van der Waals surface area contributed by atoms with Crippen molar-refractivity contribution in [3.05, 3.63) is 59.3 Å². The maximum atomic E-state index is 13.0. The molecule has 0 radical (unpaired) electrons. The number of ketones is 1. The highest BCUT2D eigenvalue weighted by molar-refractivity contribution is 7.81. The Bertz CT molecular complexity index is 1010. The number of thiol groups is 1. The maximum absolute atomic E-state index is 13.0. The van der Waals surface area contributed by atoms with Crippen LogP contribution in [0.4, 0.5) is 0 Å². The van der Waals surface area contributed by atoms with E-state index in [4.69, 9.17) is 10.2 Å². The molecule has 0 amide bonds. The fourth-order valence-electron chi connectivity index (χ4n) is 4.69. The zero-order valence-electron chi connectivity index (χ0n) is 25.9. The molecule has 0 rings (SSSR count). The van der Waals surface area contributed by atoms with E-state index in [1.807, 2.05) is 45.9 Å². The molecule has 0 aliphatic carbocycles. The Morgan fingerprint density at radius 1 is 0.902 bits per heavy atom. The molecule has 0 unspecified atom stereocenters. The van der Waals surface area contributed by atoms with Crippen LogP contribution in [0.3, 0.4) is 0 Å². The predicted molar refractivity (Wildman–Crippen MR) is 169 cm³/mol. The van der Waals surface area contributed by atoms with Crippen LogP contribution in [0.5, 0.6) is 0 Å². The Morgan fingerprint density at radius 2 is 1.51 bits per heavy atom. The first-order valence-corrected chi connectivity index (χ1v) is 14.9. The van der Waals surface area contributed by atoms with E-state index in [0.717, 1.165) is 30.1 Å². The minimum absolute atomic E-state index is 0.0589. The third kappa shape index (κ3) is 16.0. The summed E-state index contributed by atoms with van der Waals surface area (Å²) >= 11 is 4.31. The highest BCUT2D eigenvalue weighted by Gasteiger charge is 2.29. The van der Waals surface area contributed by atoms with Crippen LogP contribution >= 0.6 is 12.6 Å². The maximum Gasteiger partial charge on any atom is 0.328 e. The van der Waals surface area contributed by atoms with Crippen molar-refractivity contribution in [3.8, 4) is 0 Å². The second-order valence-electron chi connectivity index (χ2n) is 11.5. The molecule has 0 aliphatic rings. The standard InChI is InChI=1S/C33H52O7S/c1-9-27(13-14-28(34)25(7)29(41)19-31(37)38)17-21(3)12-10-11-20(2)15-23(5)32(39)26(8)33(40)24(6)16-22(4)18-30(35)36/h10-11,13-15,17-18,21,23-26,28-29,33-34,40-41H,9,12,16,19H2,1-8H3,(H,35,36)(H,37,38)/b11-10+,14-13+,20-15+,22-18+,27-17-/t21-,23-,24+,25-,26-,28+,29-,33-/m1/s1. The Kier molecular flexibility index (Phi) is 18.5. The van der Waals surface area contributed by atoms with Gasteiger partial charge in [0.25, 0.3) is 0 Å². The lowest BCUT2D eigenvalue weighted by Crippen LogP contribution is -2.34. The monoisotopic (exact) mass is 592 g/mol. The second kappa shape index (κ2) is 19.7. The molecular weight excluding hydrogens is 540 g/mol. The third-order valence-corrected chi connectivity index (χ3v) is 8.00. The van der Waals surface area contributed by atoms with Gasteiger partial charge in [-0.05, 0) is 50.9 Å². The zero-order chi connectivity index (χ0) is 31.9. The number of carboxylic acid groups (broad SMARTS) is 2. The number of carbonyl (C=O) groups excluding carboxylic acids is 1. The van der Waals surface area contributed by atoms with Gasteiger partial charge in [0.05, 0.1) is 18.6 Å². The van der Waals surface area contributed by atoms with E-state index in [1.54, 1.807) is 26.8 Å². The van der Waals surface area contributed by atoms with Crippen molar-refractivity contribution in [2.45, 2.75) is 98.5 Å². The fraction of sp³-hybridized carbons (Fsp3) is 0.606. The molecule has 0 saturated carbocycles. The highest BCUT2D eigenvalue weighted by Crippen LogP contribution is 2.24. The number of aliphatic carboxylic acids is 2. The molecule has 0 aliphatic heterocycles. The van der Waals surface area contributed by atoms with Crippen molar-refractivity contribution >= 4 is 30.4 Å². The first kappa shape index (κ1) is 38.6. The molecule has 4 N–H and O–H groups in total. The fourth-order valence-corrected chi connectivity index (χ4v) is 5.02. The van der Waals surface area contributed by atoms with Crippen molar-refractivity contribution in [1.29, 1.82) is 0 Å². The normalized spacial score (nSPS) is 19.4. The number of rotatable bonds is 19. The third-order valence-electron chi connectivity index (χ3n) is 7.35. The van der Waals surface area contributed by atoms with Crippen molar-refractivity contribution in [3.63, 3.8) is 0 Å². The smallest absolute Gasteiger partial charge is 0.328 e. The number of carbonyl (C=O) groups is 3. The van der Waals surface area contributed by atoms with Crippen LogP contribution in [0.15, 0.2) is 59.3 Å². The lowest BCUT2D eigenvalue weighted by atomic mass is 9.83. The van der Waals surface area contributed by atoms with Crippen LogP contribution in [0, 0.1) is 29.6 Å². The minimum Gasteiger partial charge on any atom is -0.481 e. The van der Waals surface area contributed by atoms with E-state index in [0.29, 0.717) is 12.0 Å². The number of hydrogen-bond donors (Lipinski definition) is 5. The number of aliphatic hydroxyl groups excluding tert-OH is 2. The molecular formula is C33H52O7S. The van der Waals surface area contributed by atoms with E-state index >= 15 is 0 Å². The quantitative estimate of drug-likeness (QED) is 0.0663. The number of Topliss-reactive ketones (excluding diaryl/α,β-unsaturated/α-hetero) is 1. The molecule has 8 heteroatoms. The summed E-state index contributed by atoms with van der Waals surface area (Å²) in [5, 5.41) is 38.5. The molecule has 8 atom stereocenters. The lowest BCUT2D eigenvalue weighted by Gasteiger charge is -2.25. The molecule has 0 aromatic rings. The summed E-state index contributed by atoms with van der Waals surface area (Å²) in [4.78, 5) is 34.7. The minimum atomic E-state index is -1.02. The zero-order valence-corrected chi connectivity index (χ0v) is 26.8. The molecule has 0 fully saturated rings. The molecule has 0 spiro atoms. The van der Waals surface area contributed by atoms with Gasteiger partial charge in [0.1, 0.15) is 5.78 Å². The summed E-state index contributed by atoms with van der Waals surface area (Å²) in [5.74, 6) is -3.27. The van der Waals surface area contributed by atoms with Gasteiger partial charge < -0.3 is 20.4 Å². The van der Waals surface area contributed by atoms with E-state index < -0.39 is 35.3 Å². The van der Waals surface area contributed by atoms with E-state index in [1.165, 1.54) is 0 Å². The van der Waals surface area contributed by atoms with E-state index in [2.05, 4.69) is 31.7 Å². The molecule has 0 aromatic carbocycles. The van der Waals surface area contributed by atoms with Crippen LogP contribution in [-0.4, -0.2) is 55.6 Å². The highest BCUT2D eigenvalue weighted by atomic mass is 32.1. The van der Waals surface area contributed by atoms with Crippen LogP contribution in [0.1, 0.15) is 81.1 Å². The summed E-state index contributed by atoms with van der Waals surface area (Å²) in [6.45, 7) is 14.9. The summed E-state index contributed by atoms with van der Waals surface area (Å²) in [6.07, 6.45) is 13.0. The average Bonchev–Trinajstić information content (AvgIpc) is 2.87. The van der Waals surface area contributed by atoms with Gasteiger partial charge in [-0.3, -0.25) is 9.59 Å². The summed E-state index contributed by atoms with van der Waals surface area (Å²) in [6, 6.07) is 0. The summed E-state index contributed by atoms with van der Waals surface area (Å²) < 4.78 is 0. The Balaban J connectivity index is 5.09. The first-order valence-electron chi connectivity index (χ1n) is 14.4. The van der Waals surface area contributed by atoms with Gasteiger partial charge in [0, 0.05) is 23.2 Å². The summed E-state index contributed by atoms with van der Waals surface area (Å²) in [7, 11) is 0. The Labute approximate surface area is 252 Å². The molecule has 0 saturated heterocycles. The second-order valence-corrected chi connectivity index (χ2v) is 12.1. The SMILES string of the molecule is CCC(=C/[C@H](C)C/C=C/C(C)=C/[C@@H](C)C(=O)[C@@H](C)[C@H](O)[C@@H](C)C/C(C)=C/C(=O)O)/C=C/[C@H](O)[C@@H](C)[C@H](S)CC(=O)O. The molecule has 0 heterocycles. The molecule has 7 nitrogen and oxygen atoms in total. The van der Waals surface area contributed by atoms with Gasteiger partial charge in [-0.2, -0.15) is 12.6 Å². The Hall–Kier alpha value is -2.42. The van der Waals surface area contributed by atoms with Gasteiger partial charge >= 0.3 is 11.9 Å². The largest absolute Gasteiger partial charge is 0.481 e. The van der Waals surface area contributed by atoms with Gasteiger partial charge in [-0.15, -0.1) is 0 Å². The van der Waals surface area contributed by atoms with Gasteiger partial charge in [0.15, 0.2) is 0 Å². The molecule has 41 heavy (non-hydrogen) atoms. The average molecular weight is 593 g/mol. The van der Waals surface area contributed by atoms with E-state index in [9.17, 15) is 24.6 Å². The van der Waals surface area contributed by atoms with Crippen molar-refractivity contribution in [2.75, 3.05) is 0 Å². The number of aliphatic hydroxyl groups is 2. The number of allylic oxidation sites excluding steroid dienone is 8. The van der Waals surface area contributed by atoms with Crippen molar-refractivity contribution in [1.82, 2.24) is 0 Å². The number of hydrogen-bond acceptors (Lipinski definition) is 6. The summed E-state index contributed by atoms with van der Waals surface area (Å²) in [5.41, 5.74) is 2.68. The molecule has 0 aromatic heterocycles. The van der Waals surface area contributed by atoms with Crippen molar-refractivity contribution in [2.24, 2.45) is 29.6 Å². The van der Waals surface area contributed by atoms with Gasteiger partial charge in [-0.1, -0.05) is 94.7 Å². The molecule has 232 valence electrons. The Morgan fingerprint density at radius 3 is 2.05 bits per heavy atom. The predicted octanol–water partition coefficient (Wildman–Crippen LogP) is 6.44. The van der Waals surface area contributed by atoms with Crippen LogP contribution in [0.2, 0.25) is 0 Å². The van der Waals surface area contributed by atoms with Crippen LogP contribution in [0.25, 0.3) is 0 Å². The first-order chi connectivity index (χ1) is 19.0. The van der Waals surface area contributed by atoms with Gasteiger partial charge in [0.2, 0.25) is 0 Å². The lowest BCUT2D eigenvalue weighted by molar-refractivity contribution is -0.137. The molecule has 0 bridgehead atoms. The van der Waals surface area contributed by atoms with Gasteiger partial charge in [-0.25, -0.2) is 4.79 Å². The van der Waals surface area contributed by atoms with E-state index in [-0.39, 0.29) is 35.9 Å². The topological polar surface area (TPSA) is 132 Å². The van der Waals surface area contributed by atoms with Crippen LogP contribution in [-0.2, 0) is 14.4 Å². The van der Waals surface area contributed by atoms with Crippen LogP contribution < -0.4 is 0 Å². The van der Waals surface area contributed by atoms with Crippen molar-refractivity contribution < 1.29 is 34.8 Å². The number of carboxylic acids is 2.